The molecular formula is C20H27N. The highest BCUT2D eigenvalue weighted by Crippen LogP contribution is 2.26. The van der Waals surface area contributed by atoms with E-state index in [1.54, 1.807) is 0 Å². The van der Waals surface area contributed by atoms with Gasteiger partial charge in [0.25, 0.3) is 0 Å². The molecule has 2 aromatic carbocycles. The third-order valence-corrected chi connectivity index (χ3v) is 4.22. The quantitative estimate of drug-likeness (QED) is 0.651. The van der Waals surface area contributed by atoms with Crippen molar-refractivity contribution in [2.24, 2.45) is 0 Å². The van der Waals surface area contributed by atoms with Gasteiger partial charge in [0.05, 0.1) is 0 Å². The summed E-state index contributed by atoms with van der Waals surface area (Å²) in [6, 6.07) is 22.3. The van der Waals surface area contributed by atoms with Crippen molar-refractivity contribution in [3.8, 4) is 0 Å². The van der Waals surface area contributed by atoms with Crippen molar-refractivity contribution < 1.29 is 0 Å². The molecule has 0 saturated heterocycles. The fourth-order valence-corrected chi connectivity index (χ4v) is 3.04. The van der Waals surface area contributed by atoms with E-state index in [2.05, 4.69) is 79.4 Å². The second-order valence-electron chi connectivity index (χ2n) is 5.53. The summed E-state index contributed by atoms with van der Waals surface area (Å²) < 4.78 is 0. The summed E-state index contributed by atoms with van der Waals surface area (Å²) >= 11 is 0. The summed E-state index contributed by atoms with van der Waals surface area (Å²) in [4.78, 5) is 2.57. The fraction of sp³-hybridized carbons (Fsp3) is 0.400. The van der Waals surface area contributed by atoms with E-state index in [4.69, 9.17) is 0 Å². The van der Waals surface area contributed by atoms with E-state index < -0.39 is 0 Å². The topological polar surface area (TPSA) is 3.24 Å². The molecule has 0 fully saturated rings. The Labute approximate surface area is 129 Å². The van der Waals surface area contributed by atoms with Crippen LogP contribution in [-0.4, -0.2) is 18.0 Å². The van der Waals surface area contributed by atoms with Crippen LogP contribution in [-0.2, 0) is 6.42 Å². The van der Waals surface area contributed by atoms with Crippen LogP contribution < -0.4 is 0 Å². The van der Waals surface area contributed by atoms with Gasteiger partial charge in [-0.1, -0.05) is 74.5 Å². The second-order valence-corrected chi connectivity index (χ2v) is 5.53. The third-order valence-electron chi connectivity index (χ3n) is 4.22. The number of benzene rings is 2. The lowest BCUT2D eigenvalue weighted by molar-refractivity contribution is 0.205. The molecule has 1 unspecified atom stereocenters. The maximum atomic E-state index is 2.57. The van der Waals surface area contributed by atoms with E-state index in [-0.39, 0.29) is 0 Å². The Bertz CT molecular complexity index is 488. The molecular weight excluding hydrogens is 254 g/mol. The standard InChI is InChI=1S/C20H27N/c1-3-21(4-2)20(19-15-9-6-10-16-19)17-11-14-18-12-7-5-8-13-18/h5-10,12-13,15-16,20H,3-4,11,14,17H2,1-2H3. The normalized spacial score (nSPS) is 12.5. The van der Waals surface area contributed by atoms with Gasteiger partial charge in [0, 0.05) is 6.04 Å². The summed E-state index contributed by atoms with van der Waals surface area (Å²) in [5.41, 5.74) is 2.90. The van der Waals surface area contributed by atoms with Gasteiger partial charge in [-0.2, -0.15) is 0 Å². The van der Waals surface area contributed by atoms with Gasteiger partial charge < -0.3 is 0 Å². The van der Waals surface area contributed by atoms with Gasteiger partial charge >= 0.3 is 0 Å². The van der Waals surface area contributed by atoms with Crippen LogP contribution >= 0.6 is 0 Å². The zero-order chi connectivity index (χ0) is 14.9. The number of nitrogens with zero attached hydrogens (tertiary/aromatic N) is 1. The lowest BCUT2D eigenvalue weighted by Gasteiger charge is -2.30. The molecule has 2 aromatic rings. The minimum absolute atomic E-state index is 0.546. The first-order valence-corrected chi connectivity index (χ1v) is 8.18. The van der Waals surface area contributed by atoms with Crippen molar-refractivity contribution in [2.75, 3.05) is 13.1 Å². The lowest BCUT2D eigenvalue weighted by Crippen LogP contribution is -2.28. The number of hydrogen-bond donors (Lipinski definition) is 0. The van der Waals surface area contributed by atoms with Crippen LogP contribution in [0.1, 0.15) is 43.9 Å². The van der Waals surface area contributed by atoms with Crippen LogP contribution in [0.3, 0.4) is 0 Å². The van der Waals surface area contributed by atoms with Crippen LogP contribution in [0.4, 0.5) is 0 Å². The van der Waals surface area contributed by atoms with Crippen LogP contribution in [0.15, 0.2) is 60.7 Å². The maximum Gasteiger partial charge on any atom is 0.0347 e. The highest BCUT2D eigenvalue weighted by atomic mass is 15.1. The minimum atomic E-state index is 0.546. The highest BCUT2D eigenvalue weighted by Gasteiger charge is 2.17. The van der Waals surface area contributed by atoms with Gasteiger partial charge in [0.1, 0.15) is 0 Å². The van der Waals surface area contributed by atoms with Gasteiger partial charge in [-0.15, -0.1) is 0 Å². The molecule has 0 radical (unpaired) electrons. The van der Waals surface area contributed by atoms with E-state index in [1.165, 1.54) is 30.4 Å². The van der Waals surface area contributed by atoms with E-state index in [9.17, 15) is 0 Å². The van der Waals surface area contributed by atoms with E-state index in [0.29, 0.717) is 6.04 Å². The van der Waals surface area contributed by atoms with Crippen molar-refractivity contribution in [3.05, 3.63) is 71.8 Å². The van der Waals surface area contributed by atoms with Crippen molar-refractivity contribution in [1.82, 2.24) is 4.90 Å². The van der Waals surface area contributed by atoms with Gasteiger partial charge in [-0.3, -0.25) is 4.90 Å². The molecule has 0 aliphatic rings. The molecule has 2 rings (SSSR count). The molecule has 1 heteroatoms. The molecule has 0 aliphatic carbocycles. The molecule has 0 aromatic heterocycles. The molecule has 1 atom stereocenters. The molecule has 112 valence electrons. The first kappa shape index (κ1) is 15.8. The third kappa shape index (κ3) is 4.71. The molecule has 0 amide bonds. The number of hydrogen-bond acceptors (Lipinski definition) is 1. The molecule has 0 bridgehead atoms. The van der Waals surface area contributed by atoms with E-state index in [0.717, 1.165) is 13.1 Å². The summed E-state index contributed by atoms with van der Waals surface area (Å²) in [7, 11) is 0. The Morgan fingerprint density at radius 2 is 1.38 bits per heavy atom. The average Bonchev–Trinajstić information content (AvgIpc) is 2.56. The molecule has 1 nitrogen and oxygen atoms in total. The van der Waals surface area contributed by atoms with Crippen molar-refractivity contribution in [3.63, 3.8) is 0 Å². The average molecular weight is 281 g/mol. The SMILES string of the molecule is CCN(CC)C(CCCc1ccccc1)c1ccccc1. The second kappa shape index (κ2) is 8.63. The van der Waals surface area contributed by atoms with Gasteiger partial charge in [-0.05, 0) is 43.5 Å². The fourth-order valence-electron chi connectivity index (χ4n) is 3.04. The predicted octanol–water partition coefficient (Wildman–Crippen LogP) is 5.09. The molecule has 0 aliphatic heterocycles. The Hall–Kier alpha value is -1.60. The van der Waals surface area contributed by atoms with E-state index in [1.807, 2.05) is 0 Å². The monoisotopic (exact) mass is 281 g/mol. The lowest BCUT2D eigenvalue weighted by atomic mass is 9.97. The molecule has 0 N–H and O–H groups in total. The van der Waals surface area contributed by atoms with Gasteiger partial charge in [-0.25, -0.2) is 0 Å². The highest BCUT2D eigenvalue weighted by molar-refractivity contribution is 5.19. The molecule has 0 saturated carbocycles. The smallest absolute Gasteiger partial charge is 0.0347 e. The summed E-state index contributed by atoms with van der Waals surface area (Å²) in [6.45, 7) is 6.75. The van der Waals surface area contributed by atoms with Crippen LogP contribution in [0.25, 0.3) is 0 Å². The zero-order valence-electron chi connectivity index (χ0n) is 13.3. The van der Waals surface area contributed by atoms with Gasteiger partial charge in [0.15, 0.2) is 0 Å². The predicted molar refractivity (Wildman–Crippen MR) is 91.5 cm³/mol. The maximum absolute atomic E-state index is 2.57. The summed E-state index contributed by atoms with van der Waals surface area (Å²) in [6.07, 6.45) is 3.63. The Balaban J connectivity index is 1.99. The van der Waals surface area contributed by atoms with Crippen molar-refractivity contribution in [1.29, 1.82) is 0 Å². The van der Waals surface area contributed by atoms with E-state index >= 15 is 0 Å². The molecule has 0 spiro atoms. The molecule has 0 heterocycles. The summed E-state index contributed by atoms with van der Waals surface area (Å²) in [5, 5.41) is 0. The van der Waals surface area contributed by atoms with Gasteiger partial charge in [0.2, 0.25) is 0 Å². The Kier molecular flexibility index (Phi) is 6.49. The van der Waals surface area contributed by atoms with Crippen molar-refractivity contribution >= 4 is 0 Å². The number of aryl methyl sites for hydroxylation is 1. The van der Waals surface area contributed by atoms with Crippen molar-refractivity contribution in [2.45, 2.75) is 39.2 Å². The number of rotatable bonds is 8. The first-order valence-electron chi connectivity index (χ1n) is 8.18. The zero-order valence-corrected chi connectivity index (χ0v) is 13.3. The van der Waals surface area contributed by atoms with Crippen LogP contribution in [0.5, 0.6) is 0 Å². The Morgan fingerprint density at radius 1 is 0.810 bits per heavy atom. The largest absolute Gasteiger partial charge is 0.297 e. The van der Waals surface area contributed by atoms with Crippen LogP contribution in [0, 0.1) is 0 Å². The first-order chi connectivity index (χ1) is 10.3. The Morgan fingerprint density at radius 3 is 1.95 bits per heavy atom. The summed E-state index contributed by atoms with van der Waals surface area (Å²) in [5.74, 6) is 0. The van der Waals surface area contributed by atoms with Crippen LogP contribution in [0.2, 0.25) is 0 Å². The molecule has 21 heavy (non-hydrogen) atoms. The minimum Gasteiger partial charge on any atom is -0.297 e.